The molecule has 1 amide bonds. The minimum absolute atomic E-state index is 0. The van der Waals surface area contributed by atoms with Crippen molar-refractivity contribution in [2.75, 3.05) is 6.54 Å². The first-order valence-corrected chi connectivity index (χ1v) is 6.66. The van der Waals surface area contributed by atoms with Gasteiger partial charge in [0.05, 0.1) is 0 Å². The quantitative estimate of drug-likeness (QED) is 0.792. The van der Waals surface area contributed by atoms with Crippen LogP contribution in [0.15, 0.2) is 24.4 Å². The number of fused-ring (bicyclic) bond motifs is 1. The highest BCUT2D eigenvalue weighted by Gasteiger charge is 2.07. The van der Waals surface area contributed by atoms with Gasteiger partial charge in [-0.3, -0.25) is 4.79 Å². The Bertz CT molecular complexity index is 578. The Kier molecular flexibility index (Phi) is 6.05. The molecule has 0 aliphatic heterocycles. The molecule has 0 fully saturated rings. The summed E-state index contributed by atoms with van der Waals surface area (Å²) in [6.45, 7) is 4.59. The van der Waals surface area contributed by atoms with E-state index < -0.39 is 0 Å². The highest BCUT2D eigenvalue weighted by atomic mass is 35.5. The summed E-state index contributed by atoms with van der Waals surface area (Å²) < 4.78 is 0. The van der Waals surface area contributed by atoms with Gasteiger partial charge in [-0.1, -0.05) is 12.1 Å². The number of rotatable bonds is 5. The molecule has 0 bridgehead atoms. The van der Waals surface area contributed by atoms with E-state index >= 15 is 0 Å². The van der Waals surface area contributed by atoms with Gasteiger partial charge in [0.15, 0.2) is 0 Å². The van der Waals surface area contributed by atoms with E-state index in [1.165, 1.54) is 16.5 Å². The zero-order valence-corrected chi connectivity index (χ0v) is 12.7. The molecule has 2 aromatic rings. The summed E-state index contributed by atoms with van der Waals surface area (Å²) in [6.07, 6.45) is 3.23. The van der Waals surface area contributed by atoms with Gasteiger partial charge in [-0.25, -0.2) is 0 Å². The number of amides is 1. The summed E-state index contributed by atoms with van der Waals surface area (Å²) in [4.78, 5) is 14.8. The molecule has 1 atom stereocenters. The van der Waals surface area contributed by atoms with Gasteiger partial charge in [-0.05, 0) is 37.5 Å². The molecule has 0 radical (unpaired) electrons. The summed E-state index contributed by atoms with van der Waals surface area (Å²) in [5.41, 5.74) is 9.24. The second-order valence-corrected chi connectivity index (χ2v) is 5.09. The van der Waals surface area contributed by atoms with Crippen LogP contribution in [0.4, 0.5) is 0 Å². The molecule has 0 saturated carbocycles. The summed E-state index contributed by atoms with van der Waals surface area (Å²) in [6, 6.07) is 6.13. The number of nitrogens with two attached hydrogens (primary N) is 1. The molecule has 1 heterocycles. The summed E-state index contributed by atoms with van der Waals surface area (Å²) in [5.74, 6) is 0.0200. The first-order chi connectivity index (χ1) is 9.08. The third-order valence-electron chi connectivity index (χ3n) is 3.22. The summed E-state index contributed by atoms with van der Waals surface area (Å²) >= 11 is 0. The van der Waals surface area contributed by atoms with E-state index in [0.29, 0.717) is 13.0 Å². The molecule has 1 aromatic heterocycles. The Hall–Kier alpha value is -1.52. The van der Waals surface area contributed by atoms with Crippen LogP contribution in [0.25, 0.3) is 10.9 Å². The van der Waals surface area contributed by atoms with Gasteiger partial charge in [-0.15, -0.1) is 12.4 Å². The van der Waals surface area contributed by atoms with Crippen LogP contribution < -0.4 is 11.1 Å². The van der Waals surface area contributed by atoms with Gasteiger partial charge in [0.25, 0.3) is 0 Å². The fraction of sp³-hybridized carbons (Fsp3) is 0.400. The lowest BCUT2D eigenvalue weighted by molar-refractivity contribution is -0.121. The molecule has 1 unspecified atom stereocenters. The zero-order chi connectivity index (χ0) is 13.8. The van der Waals surface area contributed by atoms with Crippen LogP contribution in [0, 0.1) is 6.92 Å². The molecule has 0 spiro atoms. The number of hydrogen-bond donors (Lipinski definition) is 3. The first-order valence-electron chi connectivity index (χ1n) is 6.66. The number of aromatic amines is 1. The van der Waals surface area contributed by atoms with E-state index in [1.807, 2.05) is 19.2 Å². The van der Waals surface area contributed by atoms with Gasteiger partial charge in [0.1, 0.15) is 0 Å². The Morgan fingerprint density at radius 1 is 1.45 bits per heavy atom. The van der Waals surface area contributed by atoms with Crippen LogP contribution in [0.1, 0.15) is 24.5 Å². The van der Waals surface area contributed by atoms with Gasteiger partial charge in [0, 0.05) is 36.1 Å². The smallest absolute Gasteiger partial charge is 0.221 e. The first kappa shape index (κ1) is 16.5. The van der Waals surface area contributed by atoms with Crippen LogP contribution in [-0.2, 0) is 11.2 Å². The predicted octanol–water partition coefficient (Wildman–Crippen LogP) is 2.29. The van der Waals surface area contributed by atoms with E-state index in [-0.39, 0.29) is 24.4 Å². The normalized spacial score (nSPS) is 11.9. The van der Waals surface area contributed by atoms with Gasteiger partial charge in [-0.2, -0.15) is 0 Å². The van der Waals surface area contributed by atoms with Gasteiger partial charge in [0.2, 0.25) is 5.91 Å². The van der Waals surface area contributed by atoms with Crippen LogP contribution in [0.5, 0.6) is 0 Å². The molecule has 0 aliphatic rings. The maximum atomic E-state index is 11.5. The number of aryl methyl sites for hydroxylation is 1. The van der Waals surface area contributed by atoms with Crippen molar-refractivity contribution in [3.05, 3.63) is 35.5 Å². The minimum Gasteiger partial charge on any atom is -0.361 e. The van der Waals surface area contributed by atoms with Crippen LogP contribution in [0.3, 0.4) is 0 Å². The average Bonchev–Trinajstić information content (AvgIpc) is 2.73. The number of hydrogen-bond acceptors (Lipinski definition) is 2. The lowest BCUT2D eigenvalue weighted by Gasteiger charge is -2.07. The van der Waals surface area contributed by atoms with Crippen molar-refractivity contribution in [2.45, 2.75) is 32.7 Å². The fourth-order valence-corrected chi connectivity index (χ4v) is 2.35. The number of halogens is 1. The SMILES string of the molecule is Cc1cccc2[nH]cc(CCNC(=O)CC(C)N)c12.Cl. The maximum Gasteiger partial charge on any atom is 0.221 e. The standard InChI is InChI=1S/C15H21N3O.ClH/c1-10-4-3-5-13-15(10)12(9-18-13)6-7-17-14(19)8-11(2)16;/h3-5,9,11,18H,6-8,16H2,1-2H3,(H,17,19);1H. The minimum atomic E-state index is -0.0877. The molecule has 20 heavy (non-hydrogen) atoms. The fourth-order valence-electron chi connectivity index (χ4n) is 2.35. The predicted molar refractivity (Wildman–Crippen MR) is 85.3 cm³/mol. The Labute approximate surface area is 125 Å². The lowest BCUT2D eigenvalue weighted by atomic mass is 10.1. The van der Waals surface area contributed by atoms with Crippen molar-refractivity contribution < 1.29 is 4.79 Å². The molecule has 2 rings (SSSR count). The van der Waals surface area contributed by atoms with Gasteiger partial charge < -0.3 is 16.0 Å². The Morgan fingerprint density at radius 2 is 2.20 bits per heavy atom. The number of nitrogens with one attached hydrogen (secondary N) is 2. The highest BCUT2D eigenvalue weighted by molar-refractivity contribution is 5.86. The molecular formula is C15H22ClN3O. The molecule has 4 nitrogen and oxygen atoms in total. The Morgan fingerprint density at radius 3 is 2.90 bits per heavy atom. The number of carbonyl (C=O) groups excluding carboxylic acids is 1. The van der Waals surface area contributed by atoms with Crippen LogP contribution >= 0.6 is 12.4 Å². The van der Waals surface area contributed by atoms with Gasteiger partial charge >= 0.3 is 0 Å². The van der Waals surface area contributed by atoms with E-state index in [0.717, 1.165) is 11.9 Å². The second kappa shape index (κ2) is 7.31. The van der Waals surface area contributed by atoms with E-state index in [2.05, 4.69) is 29.4 Å². The van der Waals surface area contributed by atoms with Crippen molar-refractivity contribution in [1.82, 2.24) is 10.3 Å². The van der Waals surface area contributed by atoms with E-state index in [1.54, 1.807) is 0 Å². The van der Waals surface area contributed by atoms with Crippen LogP contribution in [-0.4, -0.2) is 23.5 Å². The summed E-state index contributed by atoms with van der Waals surface area (Å²) in [5, 5.41) is 4.17. The van der Waals surface area contributed by atoms with E-state index in [4.69, 9.17) is 5.73 Å². The largest absolute Gasteiger partial charge is 0.361 e. The highest BCUT2D eigenvalue weighted by Crippen LogP contribution is 2.22. The second-order valence-electron chi connectivity index (χ2n) is 5.09. The third-order valence-corrected chi connectivity index (χ3v) is 3.22. The number of carbonyl (C=O) groups is 1. The lowest BCUT2D eigenvalue weighted by Crippen LogP contribution is -2.31. The molecule has 0 saturated heterocycles. The van der Waals surface area contributed by atoms with Crippen LogP contribution in [0.2, 0.25) is 0 Å². The number of H-pyrrole nitrogens is 1. The van der Waals surface area contributed by atoms with Crippen molar-refractivity contribution in [3.8, 4) is 0 Å². The molecule has 4 N–H and O–H groups in total. The third kappa shape index (κ3) is 3.99. The average molecular weight is 296 g/mol. The molecule has 110 valence electrons. The monoisotopic (exact) mass is 295 g/mol. The number of benzene rings is 1. The number of aromatic nitrogens is 1. The van der Waals surface area contributed by atoms with Crippen molar-refractivity contribution >= 4 is 29.2 Å². The summed E-state index contributed by atoms with van der Waals surface area (Å²) in [7, 11) is 0. The zero-order valence-electron chi connectivity index (χ0n) is 11.9. The van der Waals surface area contributed by atoms with Crippen molar-refractivity contribution in [1.29, 1.82) is 0 Å². The Balaban J connectivity index is 0.00000200. The van der Waals surface area contributed by atoms with E-state index in [9.17, 15) is 4.79 Å². The molecule has 1 aromatic carbocycles. The molecule has 0 aliphatic carbocycles. The maximum absolute atomic E-state index is 11.5. The molecular weight excluding hydrogens is 274 g/mol. The topological polar surface area (TPSA) is 70.9 Å². The molecule has 5 heteroatoms. The van der Waals surface area contributed by atoms with Crippen molar-refractivity contribution in [3.63, 3.8) is 0 Å². The van der Waals surface area contributed by atoms with Crippen molar-refractivity contribution in [2.24, 2.45) is 5.73 Å².